The number of hydrogen-bond acceptors (Lipinski definition) is 0. The van der Waals surface area contributed by atoms with E-state index in [1.165, 1.54) is 6.92 Å². The largest absolute Gasteiger partial charge is 0.361 e. The first kappa shape index (κ1) is 16.6. The first-order valence-corrected chi connectivity index (χ1v) is 6.34. The Morgan fingerprint density at radius 1 is 1.50 bits per heavy atom. The maximum Gasteiger partial charge on any atom is 0.149 e. The summed E-state index contributed by atoms with van der Waals surface area (Å²) in [4.78, 5) is 2.98. The average Bonchev–Trinajstić information content (AvgIpc) is 2.71. The number of H-pyrrole nitrogens is 1. The molecular formula is C15H23F2N. The third-order valence-corrected chi connectivity index (χ3v) is 2.56. The molecule has 1 aromatic rings. The number of rotatable bonds is 3. The van der Waals surface area contributed by atoms with Crippen molar-refractivity contribution in [1.82, 2.24) is 4.98 Å². The molecule has 0 amide bonds. The number of aromatic nitrogens is 1. The van der Waals surface area contributed by atoms with Crippen molar-refractivity contribution < 1.29 is 8.78 Å². The number of allylic oxidation sites excluding steroid dienone is 2. The number of aryl methyl sites for hydroxylation is 1. The maximum absolute atomic E-state index is 13.3. The number of aromatic amines is 1. The molecule has 0 radical (unpaired) electrons. The summed E-state index contributed by atoms with van der Waals surface area (Å²) in [7, 11) is 0. The van der Waals surface area contributed by atoms with Crippen LogP contribution in [0.1, 0.15) is 40.2 Å². The third-order valence-electron chi connectivity index (χ3n) is 2.56. The van der Waals surface area contributed by atoms with Crippen LogP contribution < -0.4 is 10.6 Å². The van der Waals surface area contributed by atoms with Gasteiger partial charge in [-0.1, -0.05) is 27.4 Å². The average molecular weight is 255 g/mol. The molecule has 1 atom stereocenters. The molecule has 0 saturated carbocycles. The Kier molecular flexibility index (Phi) is 7.25. The van der Waals surface area contributed by atoms with Gasteiger partial charge in [-0.05, 0) is 37.5 Å². The summed E-state index contributed by atoms with van der Waals surface area (Å²) < 4.78 is 26.1. The maximum atomic E-state index is 13.3. The highest BCUT2D eigenvalue weighted by Crippen LogP contribution is 2.14. The van der Waals surface area contributed by atoms with Gasteiger partial charge < -0.3 is 4.98 Å². The fourth-order valence-corrected chi connectivity index (χ4v) is 1.60. The normalized spacial score (nSPS) is 14.7. The van der Waals surface area contributed by atoms with Gasteiger partial charge in [0.15, 0.2) is 0 Å². The van der Waals surface area contributed by atoms with Crippen LogP contribution in [0.25, 0.3) is 12.7 Å². The first-order chi connectivity index (χ1) is 8.47. The van der Waals surface area contributed by atoms with E-state index in [-0.39, 0.29) is 0 Å². The molecule has 0 aliphatic heterocycles. The monoisotopic (exact) mass is 255 g/mol. The molecule has 0 spiro atoms. The number of hydrogen-bond donors (Lipinski definition) is 1. The van der Waals surface area contributed by atoms with E-state index in [2.05, 4.69) is 11.6 Å². The second-order valence-corrected chi connectivity index (χ2v) is 3.85. The molecule has 1 rings (SSSR count). The minimum atomic E-state index is -1.56. The zero-order valence-electron chi connectivity index (χ0n) is 11.9. The van der Waals surface area contributed by atoms with Gasteiger partial charge in [0, 0.05) is 16.8 Å². The second-order valence-electron chi connectivity index (χ2n) is 3.85. The molecule has 18 heavy (non-hydrogen) atoms. The lowest BCUT2D eigenvalue weighted by atomic mass is 10.1. The summed E-state index contributed by atoms with van der Waals surface area (Å²) in [5.74, 6) is -0.720. The van der Waals surface area contributed by atoms with E-state index in [1.807, 2.05) is 27.0 Å². The Morgan fingerprint density at radius 3 is 2.50 bits per heavy atom. The highest BCUT2D eigenvalue weighted by Gasteiger charge is 2.08. The van der Waals surface area contributed by atoms with Crippen LogP contribution in [0.15, 0.2) is 17.6 Å². The molecule has 0 saturated heterocycles. The molecule has 1 unspecified atom stereocenters. The molecule has 102 valence electrons. The van der Waals surface area contributed by atoms with Crippen LogP contribution in [0.5, 0.6) is 0 Å². The second kappa shape index (κ2) is 7.85. The lowest BCUT2D eigenvalue weighted by Gasteiger charge is -2.00. The van der Waals surface area contributed by atoms with Crippen molar-refractivity contribution in [3.63, 3.8) is 0 Å². The summed E-state index contributed by atoms with van der Waals surface area (Å²) in [6.07, 6.45) is 2.76. The van der Waals surface area contributed by atoms with Crippen molar-refractivity contribution in [2.75, 3.05) is 0 Å². The van der Waals surface area contributed by atoms with E-state index < -0.39 is 12.0 Å². The summed E-state index contributed by atoms with van der Waals surface area (Å²) >= 11 is 0. The Labute approximate surface area is 108 Å². The van der Waals surface area contributed by atoms with E-state index in [4.69, 9.17) is 0 Å². The zero-order chi connectivity index (χ0) is 14.3. The van der Waals surface area contributed by atoms with Gasteiger partial charge in [-0.25, -0.2) is 8.78 Å². The van der Waals surface area contributed by atoms with E-state index in [1.54, 1.807) is 13.0 Å². The fourth-order valence-electron chi connectivity index (χ4n) is 1.60. The predicted octanol–water partition coefficient (Wildman–Crippen LogP) is 3.40. The van der Waals surface area contributed by atoms with Gasteiger partial charge in [-0.3, -0.25) is 0 Å². The first-order valence-electron chi connectivity index (χ1n) is 6.34. The Bertz CT molecular complexity index is 495. The lowest BCUT2D eigenvalue weighted by Crippen LogP contribution is -2.23. The van der Waals surface area contributed by atoms with Gasteiger partial charge in [0.2, 0.25) is 0 Å². The van der Waals surface area contributed by atoms with E-state index in [9.17, 15) is 8.78 Å². The molecule has 0 fully saturated rings. The molecule has 1 nitrogen and oxygen atoms in total. The minimum Gasteiger partial charge on any atom is -0.361 e. The molecule has 0 aliphatic rings. The van der Waals surface area contributed by atoms with Crippen LogP contribution in [-0.2, 0) is 6.42 Å². The highest BCUT2D eigenvalue weighted by atomic mass is 19.2. The van der Waals surface area contributed by atoms with Crippen molar-refractivity contribution >= 4 is 12.7 Å². The van der Waals surface area contributed by atoms with Crippen LogP contribution in [0.4, 0.5) is 8.78 Å². The van der Waals surface area contributed by atoms with Crippen molar-refractivity contribution in [2.45, 2.75) is 47.2 Å². The Hall–Kier alpha value is -1.38. The summed E-state index contributed by atoms with van der Waals surface area (Å²) in [5.41, 5.74) is 1.37. The number of alkyl halides is 1. The lowest BCUT2D eigenvalue weighted by molar-refractivity contribution is 0.347. The number of halogens is 2. The molecule has 1 aromatic heterocycles. The molecule has 0 aliphatic carbocycles. The molecule has 0 bridgehead atoms. The molecule has 0 aromatic carbocycles. The van der Waals surface area contributed by atoms with Gasteiger partial charge >= 0.3 is 0 Å². The summed E-state index contributed by atoms with van der Waals surface area (Å²) in [6.45, 7) is 12.6. The van der Waals surface area contributed by atoms with Crippen LogP contribution in [0.3, 0.4) is 0 Å². The third kappa shape index (κ3) is 4.13. The van der Waals surface area contributed by atoms with Crippen LogP contribution in [-0.4, -0.2) is 11.2 Å². The molecule has 1 N–H and O–H groups in total. The van der Waals surface area contributed by atoms with Crippen LogP contribution in [0, 0.1) is 0 Å². The van der Waals surface area contributed by atoms with Gasteiger partial charge in [0.1, 0.15) is 12.0 Å². The molecular weight excluding hydrogens is 232 g/mol. The quantitative estimate of drug-likeness (QED) is 0.852. The SMILES string of the molecule is C=c1[nH]cc(CC)/c1=C/C(C)=C(/F)C(C)F.CC. The van der Waals surface area contributed by atoms with Crippen molar-refractivity contribution in [2.24, 2.45) is 0 Å². The topological polar surface area (TPSA) is 15.8 Å². The fraction of sp³-hybridized carbons (Fsp3) is 0.467. The smallest absolute Gasteiger partial charge is 0.149 e. The van der Waals surface area contributed by atoms with Crippen molar-refractivity contribution in [3.8, 4) is 0 Å². The van der Waals surface area contributed by atoms with Crippen molar-refractivity contribution in [1.29, 1.82) is 0 Å². The summed E-state index contributed by atoms with van der Waals surface area (Å²) in [5, 5.41) is 1.59. The minimum absolute atomic E-state index is 0.314. The molecule has 3 heteroatoms. The highest BCUT2D eigenvalue weighted by molar-refractivity contribution is 5.49. The number of nitrogens with one attached hydrogen (secondary N) is 1. The summed E-state index contributed by atoms with van der Waals surface area (Å²) in [6, 6.07) is 0. The van der Waals surface area contributed by atoms with E-state index >= 15 is 0 Å². The van der Waals surface area contributed by atoms with Gasteiger partial charge in [-0.2, -0.15) is 0 Å². The molecule has 1 heterocycles. The zero-order valence-corrected chi connectivity index (χ0v) is 11.9. The van der Waals surface area contributed by atoms with E-state index in [0.717, 1.165) is 22.6 Å². The van der Waals surface area contributed by atoms with Crippen LogP contribution >= 0.6 is 0 Å². The van der Waals surface area contributed by atoms with Gasteiger partial charge in [0.25, 0.3) is 0 Å². The van der Waals surface area contributed by atoms with Crippen LogP contribution in [0.2, 0.25) is 0 Å². The van der Waals surface area contributed by atoms with E-state index in [0.29, 0.717) is 5.57 Å². The predicted molar refractivity (Wildman–Crippen MR) is 75.1 cm³/mol. The standard InChI is InChI=1S/C13H17F2N.C2H6/c1-5-11-7-16-10(4)12(11)6-8(2)13(15)9(3)14;1-2/h6-7,9,16H,4-5H2,1-3H3;1-2H3/b12-6+,13-8+;. The van der Waals surface area contributed by atoms with Crippen molar-refractivity contribution in [3.05, 3.63) is 33.7 Å². The Balaban J connectivity index is 0.00000137. The Morgan fingerprint density at radius 2 is 2.06 bits per heavy atom. The van der Waals surface area contributed by atoms with Gasteiger partial charge in [0.05, 0.1) is 0 Å². The van der Waals surface area contributed by atoms with Gasteiger partial charge in [-0.15, -0.1) is 0 Å².